The van der Waals surface area contributed by atoms with E-state index in [9.17, 15) is 4.57 Å². The van der Waals surface area contributed by atoms with Crippen molar-refractivity contribution < 1.29 is 18.7 Å². The fourth-order valence-corrected chi connectivity index (χ4v) is 5.37. The Labute approximate surface area is 212 Å². The van der Waals surface area contributed by atoms with Crippen LogP contribution in [0.15, 0.2) is 0 Å². The Kier molecular flexibility index (Phi) is 27.6. The first-order chi connectivity index (χ1) is 16.7. The van der Waals surface area contributed by atoms with Crippen molar-refractivity contribution in [1.29, 1.82) is 0 Å². The normalized spacial score (nSPS) is 13.4. The second-order valence-electron chi connectivity index (χ2n) is 9.56. The molecule has 7 heteroatoms. The molecule has 0 aromatic heterocycles. The summed E-state index contributed by atoms with van der Waals surface area (Å²) < 4.78 is 24.8. The Hall–Kier alpha value is 0.0300. The molecule has 6 nitrogen and oxygen atoms in total. The first-order valence-electron chi connectivity index (χ1n) is 14.6. The highest BCUT2D eigenvalue weighted by Crippen LogP contribution is 2.44. The topological polar surface area (TPSA) is 79.8 Å². The van der Waals surface area contributed by atoms with Crippen LogP contribution in [0.2, 0.25) is 0 Å². The summed E-state index contributed by atoms with van der Waals surface area (Å²) in [6.07, 6.45) is 22.6. The maximum Gasteiger partial charge on any atom is 0.405 e. The van der Waals surface area contributed by atoms with Gasteiger partial charge in [-0.1, -0.05) is 110 Å². The SMILES string of the molecule is CCCCCCCCCNP(=O)(OCCCCCCCCC)OCCCCCCCNCCO. The number of aliphatic hydroxyl groups is 1. The molecule has 0 bridgehead atoms. The Balaban J connectivity index is 4.05. The Bertz CT molecular complexity index is 417. The summed E-state index contributed by atoms with van der Waals surface area (Å²) in [6, 6.07) is 0. The van der Waals surface area contributed by atoms with E-state index in [0.29, 0.717) is 26.3 Å². The second kappa shape index (κ2) is 27.6. The Morgan fingerprint density at radius 2 is 0.971 bits per heavy atom. The minimum absolute atomic E-state index is 0.200. The van der Waals surface area contributed by atoms with Crippen LogP contribution in [0, 0.1) is 0 Å². The fourth-order valence-electron chi connectivity index (χ4n) is 3.94. The van der Waals surface area contributed by atoms with Crippen LogP contribution < -0.4 is 10.4 Å². The van der Waals surface area contributed by atoms with Gasteiger partial charge in [0.25, 0.3) is 0 Å². The second-order valence-corrected chi connectivity index (χ2v) is 11.4. The number of nitrogens with one attached hydrogen (secondary N) is 2. The Morgan fingerprint density at radius 1 is 0.559 bits per heavy atom. The van der Waals surface area contributed by atoms with Crippen LogP contribution in [0.4, 0.5) is 0 Å². The molecule has 0 aliphatic heterocycles. The molecule has 0 aliphatic rings. The van der Waals surface area contributed by atoms with E-state index in [0.717, 1.165) is 51.5 Å². The van der Waals surface area contributed by atoms with Crippen molar-refractivity contribution in [1.82, 2.24) is 10.4 Å². The van der Waals surface area contributed by atoms with E-state index in [-0.39, 0.29) is 6.61 Å². The zero-order chi connectivity index (χ0) is 25.0. The van der Waals surface area contributed by atoms with Gasteiger partial charge in [0, 0.05) is 13.1 Å². The average Bonchev–Trinajstić information content (AvgIpc) is 2.84. The molecule has 0 aromatic carbocycles. The Morgan fingerprint density at radius 3 is 1.44 bits per heavy atom. The molecule has 0 saturated heterocycles. The van der Waals surface area contributed by atoms with Crippen LogP contribution in [0.25, 0.3) is 0 Å². The van der Waals surface area contributed by atoms with Crippen molar-refractivity contribution in [2.75, 3.05) is 39.5 Å². The van der Waals surface area contributed by atoms with Gasteiger partial charge in [-0.15, -0.1) is 0 Å². The van der Waals surface area contributed by atoms with Crippen LogP contribution in [0.5, 0.6) is 0 Å². The lowest BCUT2D eigenvalue weighted by Gasteiger charge is -2.19. The van der Waals surface area contributed by atoms with Gasteiger partial charge < -0.3 is 10.4 Å². The van der Waals surface area contributed by atoms with Crippen molar-refractivity contribution in [2.24, 2.45) is 0 Å². The van der Waals surface area contributed by atoms with Gasteiger partial charge in [-0.2, -0.15) is 0 Å². The van der Waals surface area contributed by atoms with E-state index >= 15 is 0 Å². The van der Waals surface area contributed by atoms with Gasteiger partial charge in [0.1, 0.15) is 0 Å². The smallest absolute Gasteiger partial charge is 0.395 e. The minimum Gasteiger partial charge on any atom is -0.395 e. The molecule has 1 atom stereocenters. The monoisotopic (exact) mass is 506 g/mol. The van der Waals surface area contributed by atoms with Gasteiger partial charge in [-0.25, -0.2) is 9.65 Å². The molecule has 0 aromatic rings. The maximum atomic E-state index is 13.2. The van der Waals surface area contributed by atoms with Crippen molar-refractivity contribution >= 4 is 7.75 Å². The molecule has 3 N–H and O–H groups in total. The summed E-state index contributed by atoms with van der Waals surface area (Å²) in [5.74, 6) is 0. The lowest BCUT2D eigenvalue weighted by molar-refractivity contribution is 0.189. The van der Waals surface area contributed by atoms with Gasteiger partial charge in [0.2, 0.25) is 0 Å². The molecule has 0 fully saturated rings. The lowest BCUT2D eigenvalue weighted by atomic mass is 10.1. The van der Waals surface area contributed by atoms with E-state index < -0.39 is 7.75 Å². The predicted octanol–water partition coefficient (Wildman–Crippen LogP) is 7.75. The summed E-state index contributed by atoms with van der Waals surface area (Å²) in [5.41, 5.74) is 0. The van der Waals surface area contributed by atoms with Crippen LogP contribution >= 0.6 is 7.75 Å². The van der Waals surface area contributed by atoms with E-state index in [1.54, 1.807) is 0 Å². The van der Waals surface area contributed by atoms with Crippen LogP contribution in [0.1, 0.15) is 136 Å². The van der Waals surface area contributed by atoms with Crippen molar-refractivity contribution in [3.63, 3.8) is 0 Å². The third-order valence-electron chi connectivity index (χ3n) is 6.14. The molecule has 0 rings (SSSR count). The largest absolute Gasteiger partial charge is 0.405 e. The van der Waals surface area contributed by atoms with E-state index in [4.69, 9.17) is 14.2 Å². The quantitative estimate of drug-likeness (QED) is 0.0711. The highest BCUT2D eigenvalue weighted by molar-refractivity contribution is 7.51. The van der Waals surface area contributed by atoms with Crippen LogP contribution in [0.3, 0.4) is 0 Å². The summed E-state index contributed by atoms with van der Waals surface area (Å²) >= 11 is 0. The fraction of sp³-hybridized carbons (Fsp3) is 1.00. The van der Waals surface area contributed by atoms with E-state index in [2.05, 4.69) is 24.3 Å². The van der Waals surface area contributed by atoms with Gasteiger partial charge in [-0.3, -0.25) is 9.05 Å². The highest BCUT2D eigenvalue weighted by atomic mass is 31.2. The molecular formula is C27H59N2O4P. The third kappa shape index (κ3) is 25.1. The van der Waals surface area contributed by atoms with Crippen LogP contribution in [-0.2, 0) is 13.6 Å². The van der Waals surface area contributed by atoms with Gasteiger partial charge >= 0.3 is 7.75 Å². The number of unbranched alkanes of at least 4 members (excludes halogenated alkanes) is 16. The van der Waals surface area contributed by atoms with Crippen molar-refractivity contribution in [3.8, 4) is 0 Å². The predicted molar refractivity (Wildman–Crippen MR) is 147 cm³/mol. The number of aliphatic hydroxyl groups excluding tert-OH is 1. The number of hydrogen-bond acceptors (Lipinski definition) is 5. The summed E-state index contributed by atoms with van der Waals surface area (Å²) in [5, 5.41) is 15.1. The number of hydrogen-bond donors (Lipinski definition) is 3. The molecule has 0 aliphatic carbocycles. The highest BCUT2D eigenvalue weighted by Gasteiger charge is 2.23. The molecule has 0 saturated carbocycles. The van der Waals surface area contributed by atoms with E-state index in [1.165, 1.54) is 77.0 Å². The van der Waals surface area contributed by atoms with Gasteiger partial charge in [0.15, 0.2) is 0 Å². The third-order valence-corrected chi connectivity index (χ3v) is 7.80. The standard InChI is InChI=1S/C27H59N2O4P/c1-3-5-7-9-11-15-19-23-29-34(31,32-26-20-16-12-10-8-6-4-2)33-27-21-17-13-14-18-22-28-24-25-30/h28,30H,3-27H2,1-2H3,(H,29,31). The molecule has 0 spiro atoms. The van der Waals surface area contributed by atoms with Gasteiger partial charge in [0.05, 0.1) is 19.8 Å². The molecule has 34 heavy (non-hydrogen) atoms. The molecule has 0 amide bonds. The molecule has 0 radical (unpaired) electrons. The zero-order valence-electron chi connectivity index (χ0n) is 22.8. The average molecular weight is 507 g/mol. The summed E-state index contributed by atoms with van der Waals surface area (Å²) in [6.45, 7) is 8.01. The minimum atomic E-state index is -3.21. The first kappa shape index (κ1) is 34.0. The van der Waals surface area contributed by atoms with Gasteiger partial charge in [-0.05, 0) is 32.2 Å². The van der Waals surface area contributed by atoms with E-state index in [1.807, 2.05) is 0 Å². The maximum absolute atomic E-state index is 13.2. The first-order valence-corrected chi connectivity index (χ1v) is 16.2. The van der Waals surface area contributed by atoms with Crippen molar-refractivity contribution in [2.45, 2.75) is 136 Å². The zero-order valence-corrected chi connectivity index (χ0v) is 23.7. The molecular weight excluding hydrogens is 447 g/mol. The van der Waals surface area contributed by atoms with Crippen LogP contribution in [-0.4, -0.2) is 44.6 Å². The lowest BCUT2D eigenvalue weighted by Crippen LogP contribution is -2.19. The number of rotatable bonds is 29. The molecule has 1 unspecified atom stereocenters. The van der Waals surface area contributed by atoms with Crippen molar-refractivity contribution in [3.05, 3.63) is 0 Å². The summed E-state index contributed by atoms with van der Waals surface area (Å²) in [7, 11) is -3.21. The molecule has 0 heterocycles. The molecule has 206 valence electrons. The summed E-state index contributed by atoms with van der Waals surface area (Å²) in [4.78, 5) is 0.